The lowest BCUT2D eigenvalue weighted by Crippen LogP contribution is -2.03. The average Bonchev–Trinajstić information content (AvgIpc) is 2.95. The van der Waals surface area contributed by atoms with E-state index in [0.717, 1.165) is 14.2 Å². The molecule has 0 aliphatic rings. The normalized spacial score (nSPS) is 10.6. The topological polar surface area (TPSA) is 35.5 Å². The smallest absolute Gasteiger partial charge is 0.348 e. The van der Waals surface area contributed by atoms with Gasteiger partial charge in [-0.25, -0.2) is 13.6 Å². The van der Waals surface area contributed by atoms with Gasteiger partial charge in [-0.05, 0) is 12.1 Å². The minimum Gasteiger partial charge on any atom is -0.491 e. The van der Waals surface area contributed by atoms with Crippen molar-refractivity contribution in [3.8, 4) is 16.2 Å². The predicted molar refractivity (Wildman–Crippen MR) is 67.5 cm³/mol. The van der Waals surface area contributed by atoms with Gasteiger partial charge in [0.15, 0.2) is 17.4 Å². The van der Waals surface area contributed by atoms with E-state index in [1.165, 1.54) is 12.1 Å². The highest BCUT2D eigenvalue weighted by Gasteiger charge is 2.28. The molecular weight excluding hydrogens is 312 g/mol. The van der Waals surface area contributed by atoms with E-state index in [0.29, 0.717) is 11.3 Å². The van der Waals surface area contributed by atoms with Gasteiger partial charge in [0.2, 0.25) is 11.6 Å². The molecule has 0 aliphatic heterocycles. The summed E-state index contributed by atoms with van der Waals surface area (Å²) >= 11 is 0.649. The molecule has 0 saturated carbocycles. The summed E-state index contributed by atoms with van der Waals surface area (Å²) in [5.41, 5.74) is -0.897. The molecule has 1 heterocycles. The number of esters is 1. The molecule has 0 N–H and O–H groups in total. The van der Waals surface area contributed by atoms with Crippen molar-refractivity contribution in [3.05, 3.63) is 40.3 Å². The highest BCUT2D eigenvalue weighted by molar-refractivity contribution is 7.17. The third kappa shape index (κ3) is 2.46. The molecule has 1 aromatic heterocycles. The molecule has 112 valence electrons. The standard InChI is InChI=1S/C13H8F4O3S/c1-19-12-10(16)8(14)7(9(15)11(12)17)5-3-4-6(21-5)13(18)20-2/h3-4H,1-2H3. The van der Waals surface area contributed by atoms with E-state index in [1.54, 1.807) is 0 Å². The van der Waals surface area contributed by atoms with Crippen LogP contribution in [0.5, 0.6) is 5.75 Å². The Bertz CT molecular complexity index is 683. The van der Waals surface area contributed by atoms with Crippen LogP contribution in [0.1, 0.15) is 9.67 Å². The summed E-state index contributed by atoms with van der Waals surface area (Å²) in [6.07, 6.45) is 0. The lowest BCUT2D eigenvalue weighted by molar-refractivity contribution is 0.0606. The van der Waals surface area contributed by atoms with Crippen LogP contribution in [-0.2, 0) is 4.74 Å². The first-order chi connectivity index (χ1) is 9.92. The number of thiophene rings is 1. The van der Waals surface area contributed by atoms with E-state index < -0.39 is 40.6 Å². The largest absolute Gasteiger partial charge is 0.491 e. The Morgan fingerprint density at radius 3 is 2.05 bits per heavy atom. The Labute approximate surface area is 120 Å². The number of carbonyl (C=O) groups is 1. The predicted octanol–water partition coefficient (Wildman–Crippen LogP) is 3.77. The summed E-state index contributed by atoms with van der Waals surface area (Å²) in [6, 6.07) is 2.41. The van der Waals surface area contributed by atoms with Crippen LogP contribution < -0.4 is 4.74 Å². The molecule has 1 aromatic carbocycles. The highest BCUT2D eigenvalue weighted by Crippen LogP contribution is 2.38. The maximum atomic E-state index is 13.9. The van der Waals surface area contributed by atoms with Gasteiger partial charge in [-0.15, -0.1) is 11.3 Å². The SMILES string of the molecule is COC(=O)c1ccc(-c2c(F)c(F)c(OC)c(F)c2F)s1. The van der Waals surface area contributed by atoms with Gasteiger partial charge >= 0.3 is 5.97 Å². The van der Waals surface area contributed by atoms with Crippen LogP contribution in [0.4, 0.5) is 17.6 Å². The van der Waals surface area contributed by atoms with Crippen molar-refractivity contribution in [2.75, 3.05) is 14.2 Å². The fraction of sp³-hybridized carbons (Fsp3) is 0.154. The van der Waals surface area contributed by atoms with E-state index >= 15 is 0 Å². The van der Waals surface area contributed by atoms with Crippen LogP contribution in [0.2, 0.25) is 0 Å². The number of hydrogen-bond donors (Lipinski definition) is 0. The first kappa shape index (κ1) is 15.3. The van der Waals surface area contributed by atoms with E-state index in [2.05, 4.69) is 9.47 Å². The van der Waals surface area contributed by atoms with Crippen molar-refractivity contribution < 1.29 is 31.8 Å². The van der Waals surface area contributed by atoms with Gasteiger partial charge in [0.05, 0.1) is 19.8 Å². The zero-order valence-electron chi connectivity index (χ0n) is 10.8. The molecule has 0 radical (unpaired) electrons. The van der Waals surface area contributed by atoms with Crippen LogP contribution in [0.15, 0.2) is 12.1 Å². The molecule has 0 unspecified atom stereocenters. The average molecular weight is 320 g/mol. The van der Waals surface area contributed by atoms with Crippen molar-refractivity contribution in [2.24, 2.45) is 0 Å². The Hall–Kier alpha value is -2.09. The second kappa shape index (κ2) is 5.72. The molecule has 8 heteroatoms. The van der Waals surface area contributed by atoms with Gasteiger partial charge in [-0.2, -0.15) is 8.78 Å². The molecule has 0 amide bonds. The maximum absolute atomic E-state index is 13.9. The molecule has 0 aliphatic carbocycles. The molecule has 3 nitrogen and oxygen atoms in total. The first-order valence-electron chi connectivity index (χ1n) is 5.50. The van der Waals surface area contributed by atoms with E-state index in [9.17, 15) is 22.4 Å². The minimum absolute atomic E-state index is 0.0444. The van der Waals surface area contributed by atoms with Gasteiger partial charge in [-0.1, -0.05) is 0 Å². The summed E-state index contributed by atoms with van der Waals surface area (Å²) in [7, 11) is 2.02. The first-order valence-corrected chi connectivity index (χ1v) is 6.32. The number of ether oxygens (including phenoxy) is 2. The van der Waals surface area contributed by atoms with Crippen LogP contribution >= 0.6 is 11.3 Å². The second-order valence-electron chi connectivity index (χ2n) is 3.82. The molecule has 0 fully saturated rings. The Morgan fingerprint density at radius 2 is 1.57 bits per heavy atom. The number of methoxy groups -OCH3 is 2. The quantitative estimate of drug-likeness (QED) is 0.491. The Balaban J connectivity index is 2.65. The molecule has 0 bridgehead atoms. The van der Waals surface area contributed by atoms with Crippen LogP contribution in [0.3, 0.4) is 0 Å². The number of hydrogen-bond acceptors (Lipinski definition) is 4. The lowest BCUT2D eigenvalue weighted by atomic mass is 10.1. The summed E-state index contributed by atoms with van der Waals surface area (Å²) in [5.74, 6) is -8.33. The van der Waals surface area contributed by atoms with Crippen molar-refractivity contribution in [1.29, 1.82) is 0 Å². The molecule has 21 heavy (non-hydrogen) atoms. The molecule has 2 aromatic rings. The number of benzene rings is 1. The second-order valence-corrected chi connectivity index (χ2v) is 4.90. The third-order valence-electron chi connectivity index (χ3n) is 2.67. The highest BCUT2D eigenvalue weighted by atomic mass is 32.1. The molecule has 2 rings (SSSR count). The minimum atomic E-state index is -1.64. The van der Waals surface area contributed by atoms with Crippen molar-refractivity contribution in [3.63, 3.8) is 0 Å². The van der Waals surface area contributed by atoms with Gasteiger partial charge in [0.1, 0.15) is 4.88 Å². The zero-order chi connectivity index (χ0) is 15.7. The zero-order valence-corrected chi connectivity index (χ0v) is 11.6. The van der Waals surface area contributed by atoms with Gasteiger partial charge in [0.25, 0.3) is 0 Å². The fourth-order valence-electron chi connectivity index (χ4n) is 1.69. The van der Waals surface area contributed by atoms with Crippen molar-refractivity contribution >= 4 is 17.3 Å². The monoisotopic (exact) mass is 320 g/mol. The van der Waals surface area contributed by atoms with Crippen molar-refractivity contribution in [2.45, 2.75) is 0 Å². The summed E-state index contributed by atoms with van der Waals surface area (Å²) in [4.78, 5) is 11.2. The third-order valence-corrected chi connectivity index (χ3v) is 3.75. The Morgan fingerprint density at radius 1 is 1.00 bits per heavy atom. The lowest BCUT2D eigenvalue weighted by Gasteiger charge is -2.09. The van der Waals surface area contributed by atoms with Gasteiger partial charge < -0.3 is 9.47 Å². The number of halogens is 4. The molecular formula is C13H8F4O3S. The van der Waals surface area contributed by atoms with Crippen molar-refractivity contribution in [1.82, 2.24) is 0 Å². The van der Waals surface area contributed by atoms with Gasteiger partial charge in [0, 0.05) is 4.88 Å². The van der Waals surface area contributed by atoms with E-state index in [-0.39, 0.29) is 9.75 Å². The molecule has 0 spiro atoms. The van der Waals surface area contributed by atoms with Crippen LogP contribution in [-0.4, -0.2) is 20.2 Å². The van der Waals surface area contributed by atoms with Gasteiger partial charge in [-0.3, -0.25) is 0 Å². The number of carbonyl (C=O) groups excluding carboxylic acids is 1. The fourth-order valence-corrected chi connectivity index (χ4v) is 2.65. The van der Waals surface area contributed by atoms with Crippen LogP contribution in [0, 0.1) is 23.3 Å². The molecule has 0 saturated heterocycles. The summed E-state index contributed by atoms with van der Waals surface area (Å²) in [5, 5.41) is 0. The van der Waals surface area contributed by atoms with Crippen LogP contribution in [0.25, 0.3) is 10.4 Å². The number of rotatable bonds is 3. The summed E-state index contributed by atoms with van der Waals surface area (Å²) < 4.78 is 63.8. The maximum Gasteiger partial charge on any atom is 0.348 e. The van der Waals surface area contributed by atoms with E-state index in [1.807, 2.05) is 0 Å². The van der Waals surface area contributed by atoms with E-state index in [4.69, 9.17) is 0 Å². The Kier molecular flexibility index (Phi) is 4.17. The molecule has 0 atom stereocenters. The summed E-state index contributed by atoms with van der Waals surface area (Å²) in [6.45, 7) is 0.